The molecule has 72 heavy (non-hydrogen) atoms. The van der Waals surface area contributed by atoms with E-state index in [9.17, 15) is 14.4 Å². The van der Waals surface area contributed by atoms with Crippen molar-refractivity contribution in [3.05, 3.63) is 220 Å². The average Bonchev–Trinajstić information content (AvgIpc) is 4.22. The lowest BCUT2D eigenvalue weighted by Gasteiger charge is -2.08. The van der Waals surface area contributed by atoms with Gasteiger partial charge < -0.3 is 16.8 Å². The molecule has 0 atom stereocenters. The number of anilines is 3. The molecule has 10 rings (SSSR count). The van der Waals surface area contributed by atoms with E-state index in [4.69, 9.17) is 23.4 Å². The zero-order chi connectivity index (χ0) is 51.1. The molecule has 8 aromatic rings. The molecular weight excluding hydrogens is 901 g/mol. The van der Waals surface area contributed by atoms with Gasteiger partial charge in [0, 0.05) is 69.2 Å². The van der Waals surface area contributed by atoms with Crippen molar-refractivity contribution in [3.63, 3.8) is 0 Å². The SMILES string of the molecule is C#Cc1ccc(N)cc1.CC1=C(Nc2ccc(-c3cn(Cc4ccccc4)nn3)cc2)CCC1=O.CC1C(=O)CCC1=O.Nc1ccc(-c2cn(Cc3ccccc3)nn2)cc1.[N-]=[N+]=NCc1ccccc1. The van der Waals surface area contributed by atoms with Crippen LogP contribution in [0.4, 0.5) is 17.1 Å². The summed E-state index contributed by atoms with van der Waals surface area (Å²) in [5.41, 5.74) is 31.5. The van der Waals surface area contributed by atoms with Crippen molar-refractivity contribution in [2.75, 3.05) is 16.8 Å². The van der Waals surface area contributed by atoms with Crippen LogP contribution in [0.5, 0.6) is 0 Å². The Balaban J connectivity index is 0.000000160. The molecule has 15 heteroatoms. The average molecular weight is 957 g/mol. The van der Waals surface area contributed by atoms with Crippen LogP contribution in [0, 0.1) is 18.3 Å². The molecule has 1 saturated carbocycles. The number of hydrogen-bond acceptors (Lipinski definition) is 11. The lowest BCUT2D eigenvalue weighted by Crippen LogP contribution is -2.08. The molecule has 362 valence electrons. The summed E-state index contributed by atoms with van der Waals surface area (Å²) in [5, 5.41) is 23.6. The highest BCUT2D eigenvalue weighted by atomic mass is 16.2. The Labute approximate surface area is 419 Å². The van der Waals surface area contributed by atoms with E-state index in [1.807, 2.05) is 156 Å². The maximum atomic E-state index is 11.6. The summed E-state index contributed by atoms with van der Waals surface area (Å²) in [4.78, 5) is 35.4. The number of ketones is 3. The van der Waals surface area contributed by atoms with E-state index in [2.05, 4.69) is 66.2 Å². The van der Waals surface area contributed by atoms with Crippen LogP contribution in [-0.2, 0) is 34.0 Å². The van der Waals surface area contributed by atoms with E-state index in [1.54, 1.807) is 19.1 Å². The Hall–Kier alpha value is -9.38. The van der Waals surface area contributed by atoms with Gasteiger partial charge in [-0.15, -0.1) is 16.6 Å². The number of Topliss-reactive ketones (excluding diaryl/α,β-unsaturated/α-hetero) is 3. The molecule has 0 saturated heterocycles. The van der Waals surface area contributed by atoms with E-state index in [0.29, 0.717) is 32.4 Å². The number of hydrogen-bond donors (Lipinski definition) is 3. The first-order valence-electron chi connectivity index (χ1n) is 23.2. The Kier molecular flexibility index (Phi) is 19.5. The third kappa shape index (κ3) is 16.4. The molecule has 0 spiro atoms. The first-order valence-corrected chi connectivity index (χ1v) is 23.2. The Morgan fingerprint density at radius 3 is 1.49 bits per heavy atom. The van der Waals surface area contributed by atoms with Crippen molar-refractivity contribution in [2.24, 2.45) is 11.0 Å². The van der Waals surface area contributed by atoms with Crippen molar-refractivity contribution in [2.45, 2.75) is 59.2 Å². The molecule has 2 aliphatic rings. The lowest BCUT2D eigenvalue weighted by atomic mass is 10.1. The van der Waals surface area contributed by atoms with Gasteiger partial charge in [0.15, 0.2) is 5.78 Å². The van der Waals surface area contributed by atoms with E-state index in [1.165, 1.54) is 11.1 Å². The van der Waals surface area contributed by atoms with Crippen molar-refractivity contribution >= 4 is 34.4 Å². The van der Waals surface area contributed by atoms with Crippen LogP contribution in [0.1, 0.15) is 61.8 Å². The Bertz CT molecular complexity index is 3100. The first-order chi connectivity index (χ1) is 35.0. The maximum absolute atomic E-state index is 11.6. The Morgan fingerprint density at radius 2 is 1.08 bits per heavy atom. The predicted octanol–water partition coefficient (Wildman–Crippen LogP) is 10.9. The predicted molar refractivity (Wildman–Crippen MR) is 283 cm³/mol. The standard InChI is InChI=1S/C21H20N4O.C15H14N4.C8H7N.C7H7N3.C6H8O2/c1-15-19(11-12-21(15)26)22-18-9-7-17(8-10-18)20-14-25(24-23-20)13-16-5-3-2-4-6-16;16-14-8-6-13(7-9-14)15-11-19(18-17-15)10-12-4-2-1-3-5-12;1-2-7-3-5-8(9)6-4-7;8-10-9-6-7-4-2-1-3-5-7;1-4-5(7)2-3-6(4)8/h2-10,14,22H,11-13H2,1H3;1-9,11H,10,16H2;1,3-6H,9H2;1-5H,6H2;4H,2-3H2,1H3. The van der Waals surface area contributed by atoms with Gasteiger partial charge in [-0.25, -0.2) is 9.36 Å². The minimum absolute atomic E-state index is 0.106. The molecule has 0 aliphatic heterocycles. The molecule has 2 aromatic heterocycles. The summed E-state index contributed by atoms with van der Waals surface area (Å²) in [6.45, 7) is 5.43. The Morgan fingerprint density at radius 1 is 0.639 bits per heavy atom. The monoisotopic (exact) mass is 956 g/mol. The van der Waals surface area contributed by atoms with Crippen LogP contribution < -0.4 is 16.8 Å². The van der Waals surface area contributed by atoms with Crippen molar-refractivity contribution < 1.29 is 14.4 Å². The van der Waals surface area contributed by atoms with Crippen LogP contribution in [0.2, 0.25) is 0 Å². The highest BCUT2D eigenvalue weighted by molar-refractivity contribution is 6.08. The maximum Gasteiger partial charge on any atom is 0.160 e. The van der Waals surface area contributed by atoms with Crippen LogP contribution >= 0.6 is 0 Å². The molecule has 5 N–H and O–H groups in total. The second-order valence-corrected chi connectivity index (χ2v) is 16.7. The number of allylic oxidation sites excluding steroid dienone is 2. The van der Waals surface area contributed by atoms with Gasteiger partial charge in [-0.1, -0.05) is 137 Å². The van der Waals surface area contributed by atoms with Crippen molar-refractivity contribution in [1.82, 2.24) is 30.0 Å². The van der Waals surface area contributed by atoms with Crippen LogP contribution in [0.25, 0.3) is 33.0 Å². The smallest absolute Gasteiger partial charge is 0.160 e. The third-order valence-corrected chi connectivity index (χ3v) is 11.4. The van der Waals surface area contributed by atoms with Gasteiger partial charge >= 0.3 is 0 Å². The summed E-state index contributed by atoms with van der Waals surface area (Å²) in [6.07, 6.45) is 11.4. The fourth-order valence-electron chi connectivity index (χ4n) is 7.18. The van der Waals surface area contributed by atoms with Gasteiger partial charge in [-0.05, 0) is 91.0 Å². The van der Waals surface area contributed by atoms with Gasteiger partial charge in [0.05, 0.1) is 37.9 Å². The topological polar surface area (TPSA) is 225 Å². The minimum Gasteiger partial charge on any atom is -0.399 e. The summed E-state index contributed by atoms with van der Waals surface area (Å²) < 4.78 is 3.68. The molecule has 6 aromatic carbocycles. The van der Waals surface area contributed by atoms with E-state index >= 15 is 0 Å². The van der Waals surface area contributed by atoms with Crippen molar-refractivity contribution in [3.8, 4) is 34.9 Å². The lowest BCUT2D eigenvalue weighted by molar-refractivity contribution is -0.126. The second-order valence-electron chi connectivity index (χ2n) is 16.7. The fourth-order valence-corrected chi connectivity index (χ4v) is 7.18. The third-order valence-electron chi connectivity index (χ3n) is 11.4. The highest BCUT2D eigenvalue weighted by Crippen LogP contribution is 2.26. The molecule has 1 fully saturated rings. The van der Waals surface area contributed by atoms with E-state index < -0.39 is 0 Å². The molecule has 0 bridgehead atoms. The van der Waals surface area contributed by atoms with Gasteiger partial charge in [-0.2, -0.15) is 0 Å². The summed E-state index contributed by atoms with van der Waals surface area (Å²) in [6, 6.07) is 52.9. The van der Waals surface area contributed by atoms with Gasteiger partial charge in [0.2, 0.25) is 0 Å². The summed E-state index contributed by atoms with van der Waals surface area (Å²) in [7, 11) is 0. The molecule has 0 radical (unpaired) electrons. The number of nitrogens with two attached hydrogens (primary N) is 2. The van der Waals surface area contributed by atoms with Crippen LogP contribution in [0.15, 0.2) is 193 Å². The second kappa shape index (κ2) is 27.0. The quantitative estimate of drug-likeness (QED) is 0.0293. The molecular formula is C57H56N12O3. The normalized spacial score (nSPS) is 12.6. The number of terminal acetylenes is 1. The number of carbonyl (C=O) groups excluding carboxylic acids is 3. The van der Waals surface area contributed by atoms with Gasteiger partial charge in [-0.3, -0.25) is 14.4 Å². The van der Waals surface area contributed by atoms with Crippen molar-refractivity contribution in [1.29, 1.82) is 0 Å². The zero-order valence-corrected chi connectivity index (χ0v) is 40.3. The molecule has 0 unspecified atom stereocenters. The summed E-state index contributed by atoms with van der Waals surface area (Å²) in [5.74, 6) is 2.65. The van der Waals surface area contributed by atoms with Gasteiger partial charge in [0.25, 0.3) is 0 Å². The number of azide groups is 1. The number of nitrogens with one attached hydrogen (secondary N) is 1. The molecule has 15 nitrogen and oxygen atoms in total. The number of nitrogens with zero attached hydrogens (tertiary/aromatic N) is 9. The molecule has 2 aliphatic carbocycles. The number of carbonyl (C=O) groups is 3. The molecule has 2 heterocycles. The number of nitrogen functional groups attached to an aromatic ring is 2. The van der Waals surface area contributed by atoms with Crippen LogP contribution in [0.3, 0.4) is 0 Å². The number of benzene rings is 6. The first kappa shape index (κ1) is 52.0. The van der Waals surface area contributed by atoms with E-state index in [0.717, 1.165) is 74.9 Å². The number of aromatic nitrogens is 6. The van der Waals surface area contributed by atoms with Gasteiger partial charge in [0.1, 0.15) is 23.0 Å². The largest absolute Gasteiger partial charge is 0.399 e. The van der Waals surface area contributed by atoms with Crippen LogP contribution in [-0.4, -0.2) is 47.3 Å². The summed E-state index contributed by atoms with van der Waals surface area (Å²) >= 11 is 0. The molecule has 0 amide bonds. The number of rotatable bonds is 10. The van der Waals surface area contributed by atoms with E-state index in [-0.39, 0.29) is 23.3 Å². The minimum atomic E-state index is -0.296. The zero-order valence-electron chi connectivity index (χ0n) is 40.3. The fraction of sp³-hybridized carbons (Fsp3) is 0.175. The highest BCUT2D eigenvalue weighted by Gasteiger charge is 2.27.